The van der Waals surface area contributed by atoms with Gasteiger partial charge in [-0.3, -0.25) is 0 Å². The Hall–Kier alpha value is -2.16. The summed E-state index contributed by atoms with van der Waals surface area (Å²) in [6.45, 7) is 1.90. The molecular weight excluding hydrogens is 284 g/mol. The lowest BCUT2D eigenvalue weighted by molar-refractivity contribution is 0.551. The molecule has 0 aromatic heterocycles. The highest BCUT2D eigenvalue weighted by molar-refractivity contribution is 7.89. The van der Waals surface area contributed by atoms with Gasteiger partial charge in [0.15, 0.2) is 0 Å². The minimum Gasteiger partial charge on any atom is -0.207 e. The number of nitriles is 1. The number of sulfonamides is 1. The zero-order valence-corrected chi connectivity index (χ0v) is 12.3. The van der Waals surface area contributed by atoms with E-state index in [0.29, 0.717) is 0 Å². The second-order valence-electron chi connectivity index (χ2n) is 5.08. The summed E-state index contributed by atoms with van der Waals surface area (Å²) >= 11 is 0. The molecule has 1 unspecified atom stereocenters. The molecule has 21 heavy (non-hydrogen) atoms. The molecule has 0 N–H and O–H groups in total. The second-order valence-corrected chi connectivity index (χ2v) is 6.92. The number of aryl methyl sites for hydroxylation is 1. The highest BCUT2D eigenvalue weighted by Gasteiger charge is 2.56. The zero-order valence-electron chi connectivity index (χ0n) is 11.5. The first-order chi connectivity index (χ1) is 10.1. The Morgan fingerprint density at radius 3 is 2.24 bits per heavy atom. The number of hydrogen-bond donors (Lipinski definition) is 0. The molecule has 4 nitrogen and oxygen atoms in total. The molecule has 2 aromatic carbocycles. The van der Waals surface area contributed by atoms with Crippen LogP contribution >= 0.6 is 0 Å². The Kier molecular flexibility index (Phi) is 3.28. The van der Waals surface area contributed by atoms with Gasteiger partial charge in [-0.15, -0.1) is 0 Å². The minimum absolute atomic E-state index is 0.229. The molecule has 0 saturated carbocycles. The second kappa shape index (κ2) is 4.99. The van der Waals surface area contributed by atoms with Crippen molar-refractivity contribution in [2.75, 3.05) is 0 Å². The Balaban J connectivity index is 1.97. The van der Waals surface area contributed by atoms with Gasteiger partial charge in [0.25, 0.3) is 0 Å². The molecule has 3 rings (SSSR count). The van der Waals surface area contributed by atoms with Crippen LogP contribution in [0.4, 0.5) is 0 Å². The van der Waals surface area contributed by atoms with E-state index in [9.17, 15) is 13.7 Å². The molecule has 1 heterocycles. The van der Waals surface area contributed by atoms with Gasteiger partial charge < -0.3 is 0 Å². The van der Waals surface area contributed by atoms with E-state index in [-0.39, 0.29) is 10.9 Å². The maximum absolute atomic E-state index is 12.6. The molecule has 1 fully saturated rings. The predicted octanol–water partition coefficient (Wildman–Crippen LogP) is 2.63. The summed E-state index contributed by atoms with van der Waals surface area (Å²) in [5.74, 6) is 0. The number of hydrogen-bond acceptors (Lipinski definition) is 3. The van der Waals surface area contributed by atoms with Crippen LogP contribution in [0, 0.1) is 18.3 Å². The van der Waals surface area contributed by atoms with E-state index in [4.69, 9.17) is 0 Å². The van der Waals surface area contributed by atoms with E-state index in [0.717, 1.165) is 11.1 Å². The molecule has 2 aromatic rings. The normalized spacial score (nSPS) is 24.3. The fourth-order valence-electron chi connectivity index (χ4n) is 2.45. The topological polar surface area (TPSA) is 60.9 Å². The Bertz CT molecular complexity index is 792. The smallest absolute Gasteiger partial charge is 0.207 e. The summed E-state index contributed by atoms with van der Waals surface area (Å²) in [6.07, 6.45) is 0. The molecule has 1 aliphatic rings. The highest BCUT2D eigenvalue weighted by atomic mass is 32.2. The van der Waals surface area contributed by atoms with Crippen LogP contribution in [0.3, 0.4) is 0 Å². The molecule has 0 amide bonds. The monoisotopic (exact) mass is 298 g/mol. The molecule has 0 bridgehead atoms. The van der Waals surface area contributed by atoms with Crippen molar-refractivity contribution in [1.29, 1.82) is 5.26 Å². The van der Waals surface area contributed by atoms with Crippen LogP contribution < -0.4 is 0 Å². The maximum Gasteiger partial charge on any atom is 0.244 e. The number of benzene rings is 2. The minimum atomic E-state index is -3.63. The van der Waals surface area contributed by atoms with Gasteiger partial charge in [-0.25, -0.2) is 8.42 Å². The third-order valence-electron chi connectivity index (χ3n) is 3.63. The molecule has 1 saturated heterocycles. The quantitative estimate of drug-likeness (QED) is 0.818. The summed E-state index contributed by atoms with van der Waals surface area (Å²) in [5, 5.41) is 9.21. The van der Waals surface area contributed by atoms with Crippen LogP contribution in [0.2, 0.25) is 0 Å². The van der Waals surface area contributed by atoms with Crippen LogP contribution in [0.5, 0.6) is 0 Å². The molecule has 3 atom stereocenters. The van der Waals surface area contributed by atoms with Gasteiger partial charge in [0.2, 0.25) is 10.0 Å². The van der Waals surface area contributed by atoms with Gasteiger partial charge in [-0.1, -0.05) is 48.0 Å². The Morgan fingerprint density at radius 2 is 1.67 bits per heavy atom. The molecule has 0 radical (unpaired) electrons. The summed E-state index contributed by atoms with van der Waals surface area (Å²) < 4.78 is 26.5. The predicted molar refractivity (Wildman–Crippen MR) is 78.8 cm³/mol. The van der Waals surface area contributed by atoms with E-state index in [1.807, 2.05) is 37.3 Å². The lowest BCUT2D eigenvalue weighted by Crippen LogP contribution is -2.14. The van der Waals surface area contributed by atoms with Crippen molar-refractivity contribution >= 4 is 10.0 Å². The molecule has 5 heteroatoms. The lowest BCUT2D eigenvalue weighted by Gasteiger charge is -2.06. The van der Waals surface area contributed by atoms with Gasteiger partial charge in [-0.2, -0.15) is 9.57 Å². The van der Waals surface area contributed by atoms with E-state index in [1.54, 1.807) is 24.3 Å². The SMILES string of the molecule is Cc1ccc(S(=O)(=O)N2[C@H](C#N)[C@H]2c2ccccc2)cc1. The van der Waals surface area contributed by atoms with Crippen molar-refractivity contribution in [3.05, 3.63) is 65.7 Å². The first kappa shape index (κ1) is 13.8. The molecule has 1 aliphatic heterocycles. The third-order valence-corrected chi connectivity index (χ3v) is 5.50. The van der Waals surface area contributed by atoms with Gasteiger partial charge in [0, 0.05) is 0 Å². The van der Waals surface area contributed by atoms with Crippen molar-refractivity contribution in [2.24, 2.45) is 0 Å². The van der Waals surface area contributed by atoms with Crippen LogP contribution in [0.1, 0.15) is 17.2 Å². The van der Waals surface area contributed by atoms with Crippen molar-refractivity contribution in [2.45, 2.75) is 23.9 Å². The summed E-state index contributed by atoms with van der Waals surface area (Å²) in [5.41, 5.74) is 1.84. The van der Waals surface area contributed by atoms with Crippen LogP contribution in [0.25, 0.3) is 0 Å². The van der Waals surface area contributed by atoms with Gasteiger partial charge in [0.05, 0.1) is 17.0 Å². The average Bonchev–Trinajstić information content (AvgIpc) is 3.24. The van der Waals surface area contributed by atoms with Gasteiger partial charge >= 0.3 is 0 Å². The van der Waals surface area contributed by atoms with Crippen molar-refractivity contribution in [3.63, 3.8) is 0 Å². The van der Waals surface area contributed by atoms with E-state index >= 15 is 0 Å². The van der Waals surface area contributed by atoms with E-state index in [2.05, 4.69) is 6.07 Å². The fraction of sp³-hybridized carbons (Fsp3) is 0.188. The Morgan fingerprint density at radius 1 is 1.05 bits per heavy atom. The lowest BCUT2D eigenvalue weighted by atomic mass is 10.1. The molecule has 0 spiro atoms. The van der Waals surface area contributed by atoms with Crippen LogP contribution in [-0.4, -0.2) is 18.8 Å². The first-order valence-electron chi connectivity index (χ1n) is 6.60. The van der Waals surface area contributed by atoms with Crippen molar-refractivity contribution in [1.82, 2.24) is 4.31 Å². The number of nitrogens with zero attached hydrogens (tertiary/aromatic N) is 2. The zero-order chi connectivity index (χ0) is 15.0. The van der Waals surface area contributed by atoms with Crippen LogP contribution in [0.15, 0.2) is 59.5 Å². The first-order valence-corrected chi connectivity index (χ1v) is 8.04. The van der Waals surface area contributed by atoms with E-state index < -0.39 is 16.1 Å². The van der Waals surface area contributed by atoms with Crippen molar-refractivity contribution in [3.8, 4) is 6.07 Å². The largest absolute Gasteiger partial charge is 0.244 e. The van der Waals surface area contributed by atoms with Crippen molar-refractivity contribution < 1.29 is 8.42 Å². The van der Waals surface area contributed by atoms with Gasteiger partial charge in [0.1, 0.15) is 6.04 Å². The van der Waals surface area contributed by atoms with E-state index in [1.165, 1.54) is 4.31 Å². The summed E-state index contributed by atoms with van der Waals surface area (Å²) in [6, 6.07) is 17.0. The average molecular weight is 298 g/mol. The molecule has 0 aliphatic carbocycles. The molecular formula is C16H14N2O2S. The Labute approximate surface area is 124 Å². The van der Waals surface area contributed by atoms with Crippen LogP contribution in [-0.2, 0) is 10.0 Å². The van der Waals surface area contributed by atoms with Gasteiger partial charge in [-0.05, 0) is 24.6 Å². The highest BCUT2D eigenvalue weighted by Crippen LogP contribution is 2.47. The maximum atomic E-state index is 12.6. The molecule has 106 valence electrons. The fourth-order valence-corrected chi connectivity index (χ4v) is 4.12. The third kappa shape index (κ3) is 2.33. The standard InChI is InChI=1S/C16H14N2O2S/c1-12-7-9-14(10-8-12)21(19,20)18-15(11-17)16(18)13-5-3-2-4-6-13/h2-10,15-16H,1H3/t15-,16-,18?/m1/s1. The number of rotatable bonds is 3. The summed E-state index contributed by atoms with van der Waals surface area (Å²) in [7, 11) is -3.63. The summed E-state index contributed by atoms with van der Waals surface area (Å²) in [4.78, 5) is 0.229.